The van der Waals surface area contributed by atoms with Gasteiger partial charge < -0.3 is 20.5 Å². The molecule has 19 heavy (non-hydrogen) atoms. The second kappa shape index (κ2) is 6.31. The monoisotopic (exact) mass is 264 g/mol. The summed E-state index contributed by atoms with van der Waals surface area (Å²) in [7, 11) is 0. The third kappa shape index (κ3) is 3.77. The van der Waals surface area contributed by atoms with Crippen LogP contribution in [0.5, 0.6) is 0 Å². The zero-order valence-corrected chi connectivity index (χ0v) is 10.4. The number of hydrogen-bond donors (Lipinski definition) is 3. The lowest BCUT2D eigenvalue weighted by atomic mass is 10.1. The highest BCUT2D eigenvalue weighted by atomic mass is 16.5. The van der Waals surface area contributed by atoms with E-state index < -0.39 is 5.97 Å². The number of carbonyl (C=O) groups is 2. The molecule has 1 amide bonds. The lowest BCUT2D eigenvalue weighted by molar-refractivity contribution is -0.142. The van der Waals surface area contributed by atoms with Gasteiger partial charge in [0.2, 0.25) is 0 Å². The Labute approximate surface area is 110 Å². The maximum Gasteiger partial charge on any atom is 0.329 e. The zero-order valence-electron chi connectivity index (χ0n) is 10.4. The maximum atomic E-state index is 11.8. The molecule has 3 N–H and O–H groups in total. The van der Waals surface area contributed by atoms with Crippen LogP contribution in [0.25, 0.3) is 0 Å². The van der Waals surface area contributed by atoms with Gasteiger partial charge in [0.1, 0.15) is 6.61 Å². The summed E-state index contributed by atoms with van der Waals surface area (Å²) in [5.74, 6) is -1.19. The summed E-state index contributed by atoms with van der Waals surface area (Å²) in [5, 5.41) is 14.3. The maximum absolute atomic E-state index is 11.8. The average molecular weight is 264 g/mol. The van der Waals surface area contributed by atoms with Crippen molar-refractivity contribution in [1.29, 1.82) is 0 Å². The van der Waals surface area contributed by atoms with Crippen LogP contribution in [0.4, 0.5) is 0 Å². The molecular weight excluding hydrogens is 248 g/mol. The molecule has 0 radical (unpaired) electrons. The Bertz CT molecular complexity index is 488. The van der Waals surface area contributed by atoms with E-state index in [9.17, 15) is 9.59 Å². The predicted octanol–water partition coefficient (Wildman–Crippen LogP) is 0.121. The number of ether oxygens (including phenoxy) is 1. The topological polar surface area (TPSA) is 87.7 Å². The van der Waals surface area contributed by atoms with E-state index in [1.807, 2.05) is 12.1 Å². The van der Waals surface area contributed by atoms with E-state index in [2.05, 4.69) is 10.6 Å². The number of carbonyl (C=O) groups excluding carboxylic acids is 1. The molecule has 1 aromatic rings. The van der Waals surface area contributed by atoms with E-state index in [4.69, 9.17) is 9.84 Å². The molecule has 0 saturated heterocycles. The van der Waals surface area contributed by atoms with E-state index in [1.165, 1.54) is 5.56 Å². The molecule has 0 atom stereocenters. The molecule has 6 nitrogen and oxygen atoms in total. The van der Waals surface area contributed by atoms with Crippen LogP contribution in [0.1, 0.15) is 21.5 Å². The fourth-order valence-corrected chi connectivity index (χ4v) is 1.93. The third-order valence-corrected chi connectivity index (χ3v) is 2.86. The Morgan fingerprint density at radius 3 is 2.89 bits per heavy atom. The number of rotatable bonds is 6. The van der Waals surface area contributed by atoms with Gasteiger partial charge >= 0.3 is 5.97 Å². The van der Waals surface area contributed by atoms with E-state index in [1.54, 1.807) is 6.07 Å². The summed E-state index contributed by atoms with van der Waals surface area (Å²) in [6, 6.07) is 5.62. The Hall–Kier alpha value is -1.92. The first-order valence-electron chi connectivity index (χ1n) is 6.07. The Morgan fingerprint density at radius 1 is 1.32 bits per heavy atom. The minimum atomic E-state index is -1.02. The summed E-state index contributed by atoms with van der Waals surface area (Å²) in [4.78, 5) is 22.0. The van der Waals surface area contributed by atoms with Gasteiger partial charge in [-0.3, -0.25) is 4.79 Å². The van der Waals surface area contributed by atoms with Crippen molar-refractivity contribution in [1.82, 2.24) is 10.6 Å². The lowest BCUT2D eigenvalue weighted by Gasteiger charge is -2.06. The summed E-state index contributed by atoms with van der Waals surface area (Å²) in [5.41, 5.74) is 2.98. The summed E-state index contributed by atoms with van der Waals surface area (Å²) in [6.45, 7) is 1.77. The predicted molar refractivity (Wildman–Crippen MR) is 67.8 cm³/mol. The highest BCUT2D eigenvalue weighted by Crippen LogP contribution is 2.16. The second-order valence-corrected chi connectivity index (χ2v) is 4.29. The van der Waals surface area contributed by atoms with E-state index >= 15 is 0 Å². The van der Waals surface area contributed by atoms with Gasteiger partial charge in [0.05, 0.1) is 6.61 Å². The molecule has 1 aliphatic rings. The minimum Gasteiger partial charge on any atom is -0.480 e. The largest absolute Gasteiger partial charge is 0.480 e. The number of hydrogen-bond acceptors (Lipinski definition) is 4. The van der Waals surface area contributed by atoms with Crippen LogP contribution in [0.2, 0.25) is 0 Å². The Morgan fingerprint density at radius 2 is 2.11 bits per heavy atom. The van der Waals surface area contributed by atoms with Crippen LogP contribution in [0.3, 0.4) is 0 Å². The molecule has 0 saturated carbocycles. The van der Waals surface area contributed by atoms with Gasteiger partial charge in [-0.1, -0.05) is 6.07 Å². The van der Waals surface area contributed by atoms with Gasteiger partial charge in [-0.15, -0.1) is 0 Å². The van der Waals surface area contributed by atoms with Crippen molar-refractivity contribution in [3.8, 4) is 0 Å². The van der Waals surface area contributed by atoms with Crippen molar-refractivity contribution in [3.63, 3.8) is 0 Å². The van der Waals surface area contributed by atoms with Crippen molar-refractivity contribution in [2.75, 3.05) is 19.8 Å². The molecule has 0 unspecified atom stereocenters. The summed E-state index contributed by atoms with van der Waals surface area (Å²) in [6.07, 6.45) is 0. The number of fused-ring (bicyclic) bond motifs is 1. The van der Waals surface area contributed by atoms with Crippen LogP contribution in [0, 0.1) is 0 Å². The minimum absolute atomic E-state index is 0.173. The summed E-state index contributed by atoms with van der Waals surface area (Å²) < 4.78 is 4.83. The highest BCUT2D eigenvalue weighted by Gasteiger charge is 2.13. The van der Waals surface area contributed by atoms with Crippen molar-refractivity contribution in [2.24, 2.45) is 0 Å². The molecule has 0 bridgehead atoms. The van der Waals surface area contributed by atoms with Crippen LogP contribution in [0.15, 0.2) is 18.2 Å². The number of nitrogens with one attached hydrogen (secondary N) is 2. The molecule has 0 fully saturated rings. The lowest BCUT2D eigenvalue weighted by Crippen LogP contribution is -2.28. The van der Waals surface area contributed by atoms with Crippen molar-refractivity contribution in [3.05, 3.63) is 34.9 Å². The van der Waals surface area contributed by atoms with E-state index in [0.717, 1.165) is 18.7 Å². The van der Waals surface area contributed by atoms with Crippen molar-refractivity contribution in [2.45, 2.75) is 13.1 Å². The first-order valence-corrected chi connectivity index (χ1v) is 6.07. The van der Waals surface area contributed by atoms with Crippen molar-refractivity contribution < 1.29 is 19.4 Å². The summed E-state index contributed by atoms with van der Waals surface area (Å²) >= 11 is 0. The number of carboxylic acids is 1. The number of aliphatic carboxylic acids is 1. The number of benzene rings is 1. The first kappa shape index (κ1) is 13.5. The third-order valence-electron chi connectivity index (χ3n) is 2.86. The van der Waals surface area contributed by atoms with E-state index in [0.29, 0.717) is 12.1 Å². The molecule has 0 spiro atoms. The van der Waals surface area contributed by atoms with Crippen LogP contribution >= 0.6 is 0 Å². The molecule has 2 rings (SSSR count). The molecule has 102 valence electrons. The quantitative estimate of drug-likeness (QED) is 0.635. The first-order chi connectivity index (χ1) is 9.16. The molecule has 1 aromatic carbocycles. The van der Waals surface area contributed by atoms with E-state index in [-0.39, 0.29) is 19.1 Å². The SMILES string of the molecule is O=C(O)COCCNC(=O)c1ccc2c(c1)CNC2. The Kier molecular flexibility index (Phi) is 4.48. The average Bonchev–Trinajstić information content (AvgIpc) is 2.84. The standard InChI is InChI=1S/C13H16N2O4/c16-12(17)8-19-4-3-15-13(18)9-1-2-10-6-14-7-11(10)5-9/h1-2,5,14H,3-4,6-8H2,(H,15,18)(H,16,17). The van der Waals surface area contributed by atoms with Gasteiger partial charge in [0.25, 0.3) is 5.91 Å². The molecule has 0 aromatic heterocycles. The van der Waals surface area contributed by atoms with Crippen LogP contribution in [-0.4, -0.2) is 36.7 Å². The molecule has 1 heterocycles. The van der Waals surface area contributed by atoms with Gasteiger partial charge in [0.15, 0.2) is 0 Å². The van der Waals surface area contributed by atoms with Crippen LogP contribution < -0.4 is 10.6 Å². The zero-order chi connectivity index (χ0) is 13.7. The second-order valence-electron chi connectivity index (χ2n) is 4.29. The number of carboxylic acid groups (broad SMARTS) is 1. The van der Waals surface area contributed by atoms with Gasteiger partial charge in [-0.25, -0.2) is 4.79 Å². The molecular formula is C13H16N2O4. The van der Waals surface area contributed by atoms with Gasteiger partial charge in [-0.2, -0.15) is 0 Å². The van der Waals surface area contributed by atoms with Crippen molar-refractivity contribution >= 4 is 11.9 Å². The fourth-order valence-electron chi connectivity index (χ4n) is 1.93. The Balaban J connectivity index is 1.78. The normalized spacial score (nSPS) is 13.1. The smallest absolute Gasteiger partial charge is 0.329 e. The fraction of sp³-hybridized carbons (Fsp3) is 0.385. The molecule has 0 aliphatic carbocycles. The number of amides is 1. The molecule has 1 aliphatic heterocycles. The molecule has 6 heteroatoms. The highest BCUT2D eigenvalue weighted by molar-refractivity contribution is 5.94. The van der Waals surface area contributed by atoms with Crippen LogP contribution in [-0.2, 0) is 22.6 Å². The van der Waals surface area contributed by atoms with Gasteiger partial charge in [-0.05, 0) is 23.3 Å². The van der Waals surface area contributed by atoms with Gasteiger partial charge in [0, 0.05) is 25.2 Å².